The third-order valence-electron chi connectivity index (χ3n) is 3.55. The van der Waals surface area contributed by atoms with Crippen LogP contribution >= 0.6 is 11.6 Å². The number of pyridine rings is 1. The standard InChI is InChI=1S/C13H16ClF3N2/c14-9-12(6-2-1-3-7-12)19-11-5-4-10(8-18-11)13(15,16)17/h4-5,8H,1-3,6-7,9H2,(H,18,19). The van der Waals surface area contributed by atoms with E-state index in [2.05, 4.69) is 10.3 Å². The third kappa shape index (κ3) is 3.53. The topological polar surface area (TPSA) is 24.9 Å². The summed E-state index contributed by atoms with van der Waals surface area (Å²) in [6.45, 7) is 0. The zero-order valence-corrected chi connectivity index (χ0v) is 11.2. The summed E-state index contributed by atoms with van der Waals surface area (Å²) in [4.78, 5) is 3.84. The lowest BCUT2D eigenvalue weighted by atomic mass is 9.83. The van der Waals surface area contributed by atoms with Gasteiger partial charge >= 0.3 is 6.18 Å². The van der Waals surface area contributed by atoms with Gasteiger partial charge in [0.1, 0.15) is 5.82 Å². The molecule has 6 heteroatoms. The number of aromatic nitrogens is 1. The van der Waals surface area contributed by atoms with Crippen LogP contribution in [0.3, 0.4) is 0 Å². The highest BCUT2D eigenvalue weighted by atomic mass is 35.5. The summed E-state index contributed by atoms with van der Waals surface area (Å²) in [6, 6.07) is 2.41. The lowest BCUT2D eigenvalue weighted by molar-refractivity contribution is -0.137. The van der Waals surface area contributed by atoms with Crippen LogP contribution < -0.4 is 5.32 Å². The first-order chi connectivity index (χ1) is 8.95. The minimum Gasteiger partial charge on any atom is -0.363 e. The fraction of sp³-hybridized carbons (Fsp3) is 0.615. The van der Waals surface area contributed by atoms with Gasteiger partial charge in [0.25, 0.3) is 0 Å². The smallest absolute Gasteiger partial charge is 0.363 e. The zero-order valence-electron chi connectivity index (χ0n) is 10.4. The van der Waals surface area contributed by atoms with Crippen LogP contribution in [0.4, 0.5) is 19.0 Å². The molecule has 0 bridgehead atoms. The number of halogens is 4. The molecule has 106 valence electrons. The fourth-order valence-corrected chi connectivity index (χ4v) is 2.76. The Morgan fingerprint density at radius 2 is 1.89 bits per heavy atom. The lowest BCUT2D eigenvalue weighted by Gasteiger charge is -2.37. The van der Waals surface area contributed by atoms with Crippen molar-refractivity contribution in [2.24, 2.45) is 0 Å². The summed E-state index contributed by atoms with van der Waals surface area (Å²) in [6.07, 6.45) is 1.72. The third-order valence-corrected chi connectivity index (χ3v) is 4.06. The molecule has 0 saturated heterocycles. The molecule has 1 fully saturated rings. The van der Waals surface area contributed by atoms with E-state index in [0.29, 0.717) is 11.7 Å². The van der Waals surface area contributed by atoms with Gasteiger partial charge < -0.3 is 5.32 Å². The van der Waals surface area contributed by atoms with Crippen molar-refractivity contribution in [2.45, 2.75) is 43.8 Å². The Hall–Kier alpha value is -0.970. The minimum atomic E-state index is -4.35. The van der Waals surface area contributed by atoms with E-state index in [1.54, 1.807) is 0 Å². The Kier molecular flexibility index (Phi) is 4.23. The fourth-order valence-electron chi connectivity index (χ4n) is 2.43. The van der Waals surface area contributed by atoms with Crippen LogP contribution in [-0.4, -0.2) is 16.4 Å². The maximum atomic E-state index is 12.4. The van der Waals surface area contributed by atoms with E-state index < -0.39 is 11.7 Å². The first-order valence-electron chi connectivity index (χ1n) is 6.33. The van der Waals surface area contributed by atoms with Crippen LogP contribution in [0.15, 0.2) is 18.3 Å². The summed E-state index contributed by atoms with van der Waals surface area (Å²) in [5, 5.41) is 3.21. The van der Waals surface area contributed by atoms with Gasteiger partial charge in [-0.15, -0.1) is 11.6 Å². The second-order valence-corrected chi connectivity index (χ2v) is 5.30. The average molecular weight is 293 g/mol. The van der Waals surface area contributed by atoms with E-state index in [1.165, 1.54) is 12.5 Å². The van der Waals surface area contributed by atoms with Gasteiger partial charge in [-0.05, 0) is 25.0 Å². The lowest BCUT2D eigenvalue weighted by Crippen LogP contribution is -2.42. The number of alkyl halides is 4. The Labute approximate surface area is 115 Å². The number of nitrogens with zero attached hydrogens (tertiary/aromatic N) is 1. The molecule has 19 heavy (non-hydrogen) atoms. The number of hydrogen-bond donors (Lipinski definition) is 1. The van der Waals surface area contributed by atoms with Crippen molar-refractivity contribution in [3.8, 4) is 0 Å². The first kappa shape index (κ1) is 14.4. The van der Waals surface area contributed by atoms with Crippen LogP contribution in [0.1, 0.15) is 37.7 Å². The van der Waals surface area contributed by atoms with Gasteiger partial charge in [-0.1, -0.05) is 19.3 Å². The monoisotopic (exact) mass is 292 g/mol. The van der Waals surface area contributed by atoms with E-state index >= 15 is 0 Å². The van der Waals surface area contributed by atoms with E-state index in [-0.39, 0.29) is 5.54 Å². The average Bonchev–Trinajstić information content (AvgIpc) is 2.39. The largest absolute Gasteiger partial charge is 0.417 e. The quantitative estimate of drug-likeness (QED) is 0.832. The van der Waals surface area contributed by atoms with E-state index in [4.69, 9.17) is 11.6 Å². The van der Waals surface area contributed by atoms with Crippen LogP contribution in [0, 0.1) is 0 Å². The van der Waals surface area contributed by atoms with Gasteiger partial charge in [0.2, 0.25) is 0 Å². The van der Waals surface area contributed by atoms with E-state index in [9.17, 15) is 13.2 Å². The summed E-state index contributed by atoms with van der Waals surface area (Å²) in [5.74, 6) is 0.894. The number of rotatable bonds is 3. The molecule has 1 aliphatic rings. The molecule has 0 amide bonds. The van der Waals surface area contributed by atoms with Gasteiger partial charge in [0, 0.05) is 12.1 Å². The van der Waals surface area contributed by atoms with Gasteiger partial charge in [-0.25, -0.2) is 4.98 Å². The Morgan fingerprint density at radius 1 is 1.21 bits per heavy atom. The predicted molar refractivity (Wildman–Crippen MR) is 69.4 cm³/mol. The van der Waals surface area contributed by atoms with Crippen molar-refractivity contribution in [1.82, 2.24) is 4.98 Å². The minimum absolute atomic E-state index is 0.230. The molecule has 1 aromatic rings. The molecule has 0 aromatic carbocycles. The van der Waals surface area contributed by atoms with Crippen LogP contribution in [0.2, 0.25) is 0 Å². The zero-order chi connectivity index (χ0) is 13.9. The summed E-state index contributed by atoms with van der Waals surface area (Å²) in [5.41, 5.74) is -0.964. The van der Waals surface area contributed by atoms with Crippen molar-refractivity contribution in [2.75, 3.05) is 11.2 Å². The van der Waals surface area contributed by atoms with Crippen LogP contribution in [0.25, 0.3) is 0 Å². The Bertz CT molecular complexity index is 411. The van der Waals surface area contributed by atoms with Gasteiger partial charge in [0.15, 0.2) is 0 Å². The van der Waals surface area contributed by atoms with Crippen molar-refractivity contribution in [3.63, 3.8) is 0 Å². The highest BCUT2D eigenvalue weighted by molar-refractivity contribution is 6.18. The van der Waals surface area contributed by atoms with Crippen molar-refractivity contribution >= 4 is 17.4 Å². The van der Waals surface area contributed by atoms with Crippen molar-refractivity contribution in [1.29, 1.82) is 0 Å². The molecule has 1 N–H and O–H groups in total. The van der Waals surface area contributed by atoms with Gasteiger partial charge in [-0.2, -0.15) is 13.2 Å². The number of hydrogen-bond acceptors (Lipinski definition) is 2. The molecular formula is C13H16ClF3N2. The molecule has 1 heterocycles. The van der Waals surface area contributed by atoms with Crippen molar-refractivity contribution < 1.29 is 13.2 Å². The van der Waals surface area contributed by atoms with Crippen LogP contribution in [0.5, 0.6) is 0 Å². The molecule has 2 rings (SSSR count). The molecule has 0 aliphatic heterocycles. The Morgan fingerprint density at radius 3 is 2.37 bits per heavy atom. The molecule has 0 radical (unpaired) electrons. The molecule has 2 nitrogen and oxygen atoms in total. The number of nitrogens with one attached hydrogen (secondary N) is 1. The highest BCUT2D eigenvalue weighted by Crippen LogP contribution is 2.33. The molecule has 0 atom stereocenters. The van der Waals surface area contributed by atoms with E-state index in [0.717, 1.165) is 37.9 Å². The normalized spacial score (nSPS) is 19.2. The van der Waals surface area contributed by atoms with Crippen LogP contribution in [-0.2, 0) is 6.18 Å². The highest BCUT2D eigenvalue weighted by Gasteiger charge is 2.33. The maximum Gasteiger partial charge on any atom is 0.417 e. The second-order valence-electron chi connectivity index (χ2n) is 5.03. The molecule has 0 unspecified atom stereocenters. The summed E-state index contributed by atoms with van der Waals surface area (Å²) >= 11 is 6.02. The Balaban J connectivity index is 2.10. The molecule has 0 spiro atoms. The summed E-state index contributed by atoms with van der Waals surface area (Å²) < 4.78 is 37.3. The van der Waals surface area contributed by atoms with Crippen molar-refractivity contribution in [3.05, 3.63) is 23.9 Å². The molecule has 1 aromatic heterocycles. The first-order valence-corrected chi connectivity index (χ1v) is 6.86. The molecular weight excluding hydrogens is 277 g/mol. The van der Waals surface area contributed by atoms with Gasteiger partial charge in [-0.3, -0.25) is 0 Å². The van der Waals surface area contributed by atoms with Gasteiger partial charge in [0.05, 0.1) is 11.1 Å². The number of anilines is 1. The maximum absolute atomic E-state index is 12.4. The molecule has 1 aliphatic carbocycles. The predicted octanol–water partition coefficient (Wildman–Crippen LogP) is 4.45. The second kappa shape index (κ2) is 5.57. The molecule has 1 saturated carbocycles. The van der Waals surface area contributed by atoms with E-state index in [1.807, 2.05) is 0 Å². The SMILES string of the molecule is FC(F)(F)c1ccc(NC2(CCl)CCCCC2)nc1. The summed E-state index contributed by atoms with van der Waals surface area (Å²) in [7, 11) is 0.